The summed E-state index contributed by atoms with van der Waals surface area (Å²) in [5.74, 6) is -0.213. The molecule has 3 aromatic heterocycles. The first-order valence-electron chi connectivity index (χ1n) is 10.4. The monoisotopic (exact) mass is 435 g/mol. The number of para-hydroxylation sites is 2. The third-order valence-corrected chi connectivity index (χ3v) is 5.49. The molecule has 0 aliphatic heterocycles. The Morgan fingerprint density at radius 1 is 1.00 bits per heavy atom. The maximum absolute atomic E-state index is 13.3. The Bertz CT molecular complexity index is 1540. The number of nitrogens with zero attached hydrogens (tertiary/aromatic N) is 5. The van der Waals surface area contributed by atoms with Crippen LogP contribution in [-0.2, 0) is 0 Å². The van der Waals surface area contributed by atoms with Gasteiger partial charge >= 0.3 is 0 Å². The number of aryl methyl sites for hydroxylation is 2. The molecule has 2 aromatic carbocycles. The molecule has 0 spiro atoms. The Balaban J connectivity index is 1.66. The highest BCUT2D eigenvalue weighted by Crippen LogP contribution is 2.29. The molecular weight excluding hydrogens is 414 g/mol. The molecule has 0 atom stereocenters. The van der Waals surface area contributed by atoms with Crippen LogP contribution in [0.2, 0.25) is 0 Å². The molecule has 0 radical (unpaired) electrons. The molecule has 162 valence electrons. The maximum Gasteiger partial charge on any atom is 0.261 e. The van der Waals surface area contributed by atoms with Crippen LogP contribution in [0.5, 0.6) is 0 Å². The van der Waals surface area contributed by atoms with Gasteiger partial charge < -0.3 is 11.1 Å². The van der Waals surface area contributed by atoms with Gasteiger partial charge in [-0.1, -0.05) is 18.2 Å². The van der Waals surface area contributed by atoms with Crippen LogP contribution in [0.4, 0.5) is 11.5 Å². The molecule has 0 aliphatic rings. The predicted octanol–water partition coefficient (Wildman–Crippen LogP) is 4.31. The number of nitrogens with one attached hydrogen (secondary N) is 1. The van der Waals surface area contributed by atoms with Crippen molar-refractivity contribution in [2.45, 2.75) is 13.8 Å². The molecule has 8 nitrogen and oxygen atoms in total. The molecule has 0 fully saturated rings. The number of hydrogen-bond donors (Lipinski definition) is 2. The van der Waals surface area contributed by atoms with Crippen molar-refractivity contribution in [2.24, 2.45) is 5.10 Å². The molecule has 0 saturated heterocycles. The van der Waals surface area contributed by atoms with Crippen molar-refractivity contribution in [1.29, 1.82) is 0 Å². The maximum atomic E-state index is 13.3. The summed E-state index contributed by atoms with van der Waals surface area (Å²) in [5.41, 5.74) is 12.6. The van der Waals surface area contributed by atoms with Crippen molar-refractivity contribution in [2.75, 3.05) is 11.1 Å². The number of pyridine rings is 1. The van der Waals surface area contributed by atoms with Gasteiger partial charge in [-0.05, 0) is 66.9 Å². The molecule has 1 amide bonds. The minimum atomic E-state index is -0.372. The third kappa shape index (κ3) is 3.78. The van der Waals surface area contributed by atoms with E-state index in [-0.39, 0.29) is 17.3 Å². The topological polar surface area (TPSA) is 111 Å². The van der Waals surface area contributed by atoms with E-state index in [0.29, 0.717) is 27.9 Å². The first-order chi connectivity index (χ1) is 16.0. The first kappa shape index (κ1) is 20.3. The zero-order valence-corrected chi connectivity index (χ0v) is 18.1. The Morgan fingerprint density at radius 3 is 2.45 bits per heavy atom. The zero-order valence-electron chi connectivity index (χ0n) is 18.1. The number of hydrogen-bond acceptors (Lipinski definition) is 6. The van der Waals surface area contributed by atoms with Crippen LogP contribution in [0.15, 0.2) is 72.1 Å². The Morgan fingerprint density at radius 2 is 1.73 bits per heavy atom. The zero-order chi connectivity index (χ0) is 22.9. The highest BCUT2D eigenvalue weighted by Gasteiger charge is 2.24. The van der Waals surface area contributed by atoms with Gasteiger partial charge in [0, 0.05) is 18.1 Å². The van der Waals surface area contributed by atoms with Gasteiger partial charge in [-0.15, -0.1) is 0 Å². The molecule has 8 heteroatoms. The Hall–Kier alpha value is -4.59. The summed E-state index contributed by atoms with van der Waals surface area (Å²) in [6.45, 7) is 4.02. The summed E-state index contributed by atoms with van der Waals surface area (Å²) in [6.07, 6.45) is 4.99. The van der Waals surface area contributed by atoms with Gasteiger partial charge in [-0.3, -0.25) is 9.78 Å². The molecule has 3 heterocycles. The van der Waals surface area contributed by atoms with Gasteiger partial charge in [-0.2, -0.15) is 9.78 Å². The van der Waals surface area contributed by atoms with Crippen molar-refractivity contribution < 1.29 is 4.79 Å². The number of aromatic nitrogens is 4. The lowest BCUT2D eigenvalue weighted by Gasteiger charge is -2.08. The number of rotatable bonds is 4. The Labute approximate surface area is 189 Å². The first-order valence-corrected chi connectivity index (χ1v) is 10.4. The highest BCUT2D eigenvalue weighted by atomic mass is 16.1. The fourth-order valence-electron chi connectivity index (χ4n) is 3.57. The van der Waals surface area contributed by atoms with E-state index in [1.165, 1.54) is 4.68 Å². The van der Waals surface area contributed by atoms with E-state index in [9.17, 15) is 4.79 Å². The van der Waals surface area contributed by atoms with Crippen LogP contribution in [0, 0.1) is 13.8 Å². The second-order valence-corrected chi connectivity index (χ2v) is 7.73. The molecule has 5 rings (SSSR count). The molecule has 0 unspecified atom stereocenters. The molecular formula is C25H21N7O. The number of nitrogens with two attached hydrogens (primary N) is 1. The number of carbonyl (C=O) groups is 1. The third-order valence-electron chi connectivity index (χ3n) is 5.49. The molecule has 3 N–H and O–H groups in total. The number of amides is 1. The number of fused-ring (bicyclic) bond motifs is 2. The van der Waals surface area contributed by atoms with Crippen molar-refractivity contribution >= 4 is 45.8 Å². The van der Waals surface area contributed by atoms with Crippen LogP contribution >= 0.6 is 0 Å². The number of carbonyl (C=O) groups excluding carboxylic acids is 1. The van der Waals surface area contributed by atoms with Gasteiger partial charge in [0.05, 0.1) is 17.2 Å². The predicted molar refractivity (Wildman–Crippen MR) is 131 cm³/mol. The quantitative estimate of drug-likeness (QED) is 0.409. The number of benzene rings is 2. The lowest BCUT2D eigenvalue weighted by atomic mass is 10.1. The van der Waals surface area contributed by atoms with Crippen LogP contribution < -0.4 is 11.1 Å². The summed E-state index contributed by atoms with van der Waals surface area (Å²) in [5, 5.41) is 7.44. The van der Waals surface area contributed by atoms with Crippen LogP contribution in [-0.4, -0.2) is 31.7 Å². The number of anilines is 2. The normalized spacial score (nSPS) is 11.5. The highest BCUT2D eigenvalue weighted by molar-refractivity contribution is 6.16. The molecule has 0 bridgehead atoms. The fraction of sp³-hybridized carbons (Fsp3) is 0.0800. The minimum absolute atomic E-state index is 0.159. The average Bonchev–Trinajstić information content (AvgIpc) is 3.09. The van der Waals surface area contributed by atoms with Crippen LogP contribution in [0.1, 0.15) is 27.0 Å². The molecule has 33 heavy (non-hydrogen) atoms. The lowest BCUT2D eigenvalue weighted by molar-refractivity contribution is 0.102. The van der Waals surface area contributed by atoms with Crippen molar-refractivity contribution in [3.8, 4) is 0 Å². The van der Waals surface area contributed by atoms with Gasteiger partial charge in [0.25, 0.3) is 5.91 Å². The molecule has 5 aromatic rings. The smallest absolute Gasteiger partial charge is 0.261 e. The average molecular weight is 435 g/mol. The SMILES string of the molecule is Cc1ccc(NC(=O)c2c(N)n(/N=C\c3ccncc3)c3nc4ccccc4nc23)cc1C. The summed E-state index contributed by atoms with van der Waals surface area (Å²) >= 11 is 0. The van der Waals surface area contributed by atoms with Crippen LogP contribution in [0.25, 0.3) is 22.2 Å². The fourth-order valence-corrected chi connectivity index (χ4v) is 3.57. The standard InChI is InChI=1S/C25H21N7O/c1-15-7-8-18(13-16(15)2)29-25(33)21-22-24(31-20-6-4-3-5-19(20)30-22)32(23(21)26)28-14-17-9-11-27-12-10-17/h3-14H,26H2,1-2H3,(H,29,33)/b28-14-. The largest absolute Gasteiger partial charge is 0.383 e. The summed E-state index contributed by atoms with van der Waals surface area (Å²) in [6, 6.07) is 16.8. The van der Waals surface area contributed by atoms with E-state index >= 15 is 0 Å². The van der Waals surface area contributed by atoms with Gasteiger partial charge in [0.2, 0.25) is 0 Å². The second kappa shape index (κ2) is 8.16. The minimum Gasteiger partial charge on any atom is -0.383 e. The van der Waals surface area contributed by atoms with E-state index in [0.717, 1.165) is 16.7 Å². The van der Waals surface area contributed by atoms with E-state index < -0.39 is 0 Å². The van der Waals surface area contributed by atoms with Crippen molar-refractivity contribution in [3.63, 3.8) is 0 Å². The van der Waals surface area contributed by atoms with Gasteiger partial charge in [0.15, 0.2) is 5.65 Å². The van der Waals surface area contributed by atoms with Crippen molar-refractivity contribution in [3.05, 3.63) is 89.2 Å². The van der Waals surface area contributed by atoms with Gasteiger partial charge in [-0.25, -0.2) is 9.97 Å². The Kier molecular flexibility index (Phi) is 5.02. The van der Waals surface area contributed by atoms with E-state index in [1.54, 1.807) is 18.6 Å². The van der Waals surface area contributed by atoms with E-state index in [1.807, 2.05) is 68.4 Å². The van der Waals surface area contributed by atoms with Crippen molar-refractivity contribution in [1.82, 2.24) is 19.6 Å². The summed E-state index contributed by atoms with van der Waals surface area (Å²) < 4.78 is 1.45. The summed E-state index contributed by atoms with van der Waals surface area (Å²) in [7, 11) is 0. The second-order valence-electron chi connectivity index (χ2n) is 7.73. The molecule has 0 aliphatic carbocycles. The summed E-state index contributed by atoms with van der Waals surface area (Å²) in [4.78, 5) is 26.8. The lowest BCUT2D eigenvalue weighted by Crippen LogP contribution is -2.14. The van der Waals surface area contributed by atoms with Crippen LogP contribution in [0.3, 0.4) is 0 Å². The van der Waals surface area contributed by atoms with Gasteiger partial charge in [0.1, 0.15) is 16.9 Å². The van der Waals surface area contributed by atoms with E-state index in [2.05, 4.69) is 15.4 Å². The number of nitrogen functional groups attached to an aromatic ring is 1. The molecule has 0 saturated carbocycles. The van der Waals surface area contributed by atoms with E-state index in [4.69, 9.17) is 15.7 Å².